The van der Waals surface area contributed by atoms with E-state index >= 15 is 0 Å². The van der Waals surface area contributed by atoms with Gasteiger partial charge in [-0.3, -0.25) is 9.78 Å². The fourth-order valence-electron chi connectivity index (χ4n) is 4.40. The van der Waals surface area contributed by atoms with Gasteiger partial charge in [0.25, 0.3) is 0 Å². The average molecular weight is 474 g/mol. The molecule has 6 nitrogen and oxygen atoms in total. The highest BCUT2D eigenvalue weighted by molar-refractivity contribution is 5.99. The van der Waals surface area contributed by atoms with E-state index in [1.54, 1.807) is 49.5 Å². The van der Waals surface area contributed by atoms with Gasteiger partial charge < -0.3 is 9.73 Å². The van der Waals surface area contributed by atoms with E-state index in [1.807, 2.05) is 18.2 Å². The zero-order valence-electron chi connectivity index (χ0n) is 19.2. The number of furan rings is 1. The third kappa shape index (κ3) is 4.04. The molecule has 0 amide bonds. The standard InChI is InChI=1S/C29H19FN4O2/c1-17-22(16-31)27(29(32-2)28(34-17)19-8-10-20(30)11-9-19)26-14-21-23(33-13-12-25(21)36-26)15-24(35)18-6-4-3-5-7-18/h3-14,27,34H,15H2,1H3. The minimum atomic E-state index is -0.765. The molecular formula is C29H19FN4O2. The number of nitriles is 1. The third-order valence-electron chi connectivity index (χ3n) is 6.16. The first-order valence-corrected chi connectivity index (χ1v) is 11.2. The second-order valence-corrected chi connectivity index (χ2v) is 8.37. The summed E-state index contributed by atoms with van der Waals surface area (Å²) in [5.41, 5.74) is 3.95. The number of hydrogen-bond acceptors (Lipinski definition) is 5. The van der Waals surface area contributed by atoms with Crippen LogP contribution in [0.25, 0.3) is 21.5 Å². The molecule has 1 atom stereocenters. The number of fused-ring (bicyclic) bond motifs is 1. The minimum Gasteiger partial charge on any atom is -0.461 e. The number of Topliss-reactive ketones (excluding diaryl/α,β-unsaturated/α-hetero) is 1. The maximum Gasteiger partial charge on any atom is 0.204 e. The zero-order valence-corrected chi connectivity index (χ0v) is 19.2. The van der Waals surface area contributed by atoms with Crippen LogP contribution in [0, 0.1) is 23.7 Å². The van der Waals surface area contributed by atoms with Crippen molar-refractivity contribution in [3.05, 3.63) is 130 Å². The van der Waals surface area contributed by atoms with Crippen LogP contribution in [0.15, 0.2) is 94.3 Å². The van der Waals surface area contributed by atoms with Crippen molar-refractivity contribution in [2.24, 2.45) is 0 Å². The average Bonchev–Trinajstić information content (AvgIpc) is 3.34. The van der Waals surface area contributed by atoms with Crippen LogP contribution in [0.3, 0.4) is 0 Å². The van der Waals surface area contributed by atoms with E-state index in [9.17, 15) is 14.4 Å². The lowest BCUT2D eigenvalue weighted by molar-refractivity contribution is 0.0992. The number of aromatic nitrogens is 1. The molecule has 0 radical (unpaired) electrons. The Morgan fingerprint density at radius 3 is 2.64 bits per heavy atom. The molecule has 7 heteroatoms. The van der Waals surface area contributed by atoms with Gasteiger partial charge in [0, 0.05) is 28.5 Å². The van der Waals surface area contributed by atoms with Crippen molar-refractivity contribution in [1.29, 1.82) is 5.26 Å². The Morgan fingerprint density at radius 2 is 1.94 bits per heavy atom. The van der Waals surface area contributed by atoms with Gasteiger partial charge in [-0.1, -0.05) is 42.5 Å². The molecule has 2 aromatic carbocycles. The quantitative estimate of drug-likeness (QED) is 0.276. The first-order valence-electron chi connectivity index (χ1n) is 11.2. The van der Waals surface area contributed by atoms with E-state index in [2.05, 4.69) is 21.2 Å². The number of carbonyl (C=O) groups excluding carboxylic acids is 1. The van der Waals surface area contributed by atoms with Crippen LogP contribution < -0.4 is 5.32 Å². The third-order valence-corrected chi connectivity index (χ3v) is 6.16. The highest BCUT2D eigenvalue weighted by atomic mass is 19.1. The van der Waals surface area contributed by atoms with Crippen molar-refractivity contribution < 1.29 is 13.6 Å². The summed E-state index contributed by atoms with van der Waals surface area (Å²) in [5.74, 6) is -0.828. The van der Waals surface area contributed by atoms with Crippen LogP contribution in [0.1, 0.15) is 40.2 Å². The van der Waals surface area contributed by atoms with Gasteiger partial charge in [0.05, 0.1) is 36.2 Å². The summed E-state index contributed by atoms with van der Waals surface area (Å²) in [7, 11) is 0. The lowest BCUT2D eigenvalue weighted by Gasteiger charge is -2.26. The highest BCUT2D eigenvalue weighted by Gasteiger charge is 2.34. The number of dihydropyridines is 1. The summed E-state index contributed by atoms with van der Waals surface area (Å²) in [6, 6.07) is 20.5. The summed E-state index contributed by atoms with van der Waals surface area (Å²) >= 11 is 0. The SMILES string of the molecule is [C-]#[N+]C1=C(c2ccc(F)cc2)NC(C)=C(C#N)C1c1cc2c(CC(=O)c3ccccc3)nccc2o1. The predicted molar refractivity (Wildman–Crippen MR) is 133 cm³/mol. The molecular weight excluding hydrogens is 455 g/mol. The molecule has 1 N–H and O–H groups in total. The number of benzene rings is 2. The van der Waals surface area contributed by atoms with E-state index in [0.29, 0.717) is 50.5 Å². The number of rotatable bonds is 5. The molecule has 1 unspecified atom stereocenters. The fraction of sp³-hybridized carbons (Fsp3) is 0.103. The van der Waals surface area contributed by atoms with Gasteiger partial charge in [-0.05, 0) is 36.8 Å². The number of allylic oxidation sites excluding steroid dienone is 2. The maximum absolute atomic E-state index is 13.5. The Bertz CT molecular complexity index is 1630. The van der Waals surface area contributed by atoms with Gasteiger partial charge in [-0.15, -0.1) is 0 Å². The first kappa shape index (κ1) is 22.8. The normalized spacial score (nSPS) is 15.4. The molecule has 2 aromatic heterocycles. The highest BCUT2D eigenvalue weighted by Crippen LogP contribution is 2.43. The summed E-state index contributed by atoms with van der Waals surface area (Å²) in [6.45, 7) is 9.67. The number of halogens is 1. The summed E-state index contributed by atoms with van der Waals surface area (Å²) in [5, 5.41) is 13.7. The van der Waals surface area contributed by atoms with E-state index < -0.39 is 5.92 Å². The maximum atomic E-state index is 13.5. The molecule has 0 aliphatic carbocycles. The van der Waals surface area contributed by atoms with E-state index in [-0.39, 0.29) is 23.7 Å². The van der Waals surface area contributed by atoms with Crippen LogP contribution >= 0.6 is 0 Å². The number of carbonyl (C=O) groups is 1. The smallest absolute Gasteiger partial charge is 0.204 e. The molecule has 36 heavy (non-hydrogen) atoms. The number of nitrogens with zero attached hydrogens (tertiary/aromatic N) is 3. The Hall–Kier alpha value is -5.01. The molecule has 3 heterocycles. The number of pyridine rings is 1. The van der Waals surface area contributed by atoms with Crippen LogP contribution in [0.4, 0.5) is 4.39 Å². The molecule has 0 fully saturated rings. The summed E-state index contributed by atoms with van der Waals surface area (Å²) < 4.78 is 19.7. The van der Waals surface area contributed by atoms with Crippen molar-refractivity contribution in [3.8, 4) is 6.07 Å². The second kappa shape index (κ2) is 9.32. The summed E-state index contributed by atoms with van der Waals surface area (Å²) in [6.07, 6.45) is 1.66. The zero-order chi connectivity index (χ0) is 25.2. The van der Waals surface area contributed by atoms with Crippen LogP contribution in [-0.2, 0) is 6.42 Å². The largest absolute Gasteiger partial charge is 0.461 e. The first-order chi connectivity index (χ1) is 17.5. The van der Waals surface area contributed by atoms with E-state index in [0.717, 1.165) is 0 Å². The van der Waals surface area contributed by atoms with Gasteiger partial charge in [-0.2, -0.15) is 5.26 Å². The monoisotopic (exact) mass is 474 g/mol. The number of nitrogens with one attached hydrogen (secondary N) is 1. The van der Waals surface area contributed by atoms with Gasteiger partial charge >= 0.3 is 0 Å². The molecule has 1 aliphatic heterocycles. The van der Waals surface area contributed by atoms with E-state index in [1.165, 1.54) is 12.1 Å². The van der Waals surface area contributed by atoms with Crippen molar-refractivity contribution >= 4 is 22.4 Å². The summed E-state index contributed by atoms with van der Waals surface area (Å²) in [4.78, 5) is 21.0. The lowest BCUT2D eigenvalue weighted by Crippen LogP contribution is -2.23. The molecule has 0 spiro atoms. The molecule has 174 valence electrons. The molecule has 0 bridgehead atoms. The van der Waals surface area contributed by atoms with Crippen LogP contribution in [0.5, 0.6) is 0 Å². The van der Waals surface area contributed by atoms with Crippen LogP contribution in [0.2, 0.25) is 0 Å². The topological polar surface area (TPSA) is 83.3 Å². The number of ketones is 1. The van der Waals surface area contributed by atoms with Gasteiger partial charge in [0.15, 0.2) is 5.78 Å². The Balaban J connectivity index is 1.61. The van der Waals surface area contributed by atoms with Crippen molar-refractivity contribution in [1.82, 2.24) is 10.3 Å². The molecule has 5 rings (SSSR count). The van der Waals surface area contributed by atoms with Gasteiger partial charge in [-0.25, -0.2) is 9.24 Å². The van der Waals surface area contributed by atoms with Crippen molar-refractivity contribution in [2.75, 3.05) is 0 Å². The minimum absolute atomic E-state index is 0.0750. The predicted octanol–water partition coefficient (Wildman–Crippen LogP) is 6.16. The molecule has 4 aromatic rings. The molecule has 0 saturated carbocycles. The van der Waals surface area contributed by atoms with Gasteiger partial charge in [0.2, 0.25) is 5.70 Å². The van der Waals surface area contributed by atoms with Crippen LogP contribution in [-0.4, -0.2) is 10.8 Å². The molecule has 1 aliphatic rings. The number of hydrogen-bond donors (Lipinski definition) is 1. The Labute approximate surface area is 206 Å². The fourth-order valence-corrected chi connectivity index (χ4v) is 4.40. The molecule has 0 saturated heterocycles. The Morgan fingerprint density at radius 1 is 1.19 bits per heavy atom. The Kier molecular flexibility index (Phi) is 5.90. The van der Waals surface area contributed by atoms with Crippen molar-refractivity contribution in [3.63, 3.8) is 0 Å². The van der Waals surface area contributed by atoms with E-state index in [4.69, 9.17) is 11.0 Å². The lowest BCUT2D eigenvalue weighted by atomic mass is 9.87. The van der Waals surface area contributed by atoms with Gasteiger partial charge in [0.1, 0.15) is 17.2 Å². The second-order valence-electron chi connectivity index (χ2n) is 8.37. The van der Waals surface area contributed by atoms with Crippen molar-refractivity contribution in [2.45, 2.75) is 19.3 Å².